The maximum Gasteiger partial charge on any atom is 0.223 e. The van der Waals surface area contributed by atoms with E-state index in [9.17, 15) is 9.59 Å². The van der Waals surface area contributed by atoms with Gasteiger partial charge in [-0.25, -0.2) is 9.97 Å². The number of aromatic amines is 2. The molecule has 252 valence electrons. The average Bonchev–Trinajstić information content (AvgIpc) is 3.73. The molecule has 2 aromatic heterocycles. The van der Waals surface area contributed by atoms with Crippen LogP contribution in [-0.4, -0.2) is 54.6 Å². The number of rotatable bonds is 15. The number of carbonyl (C=O) groups is 2. The molecule has 0 aliphatic carbocycles. The van der Waals surface area contributed by atoms with Crippen molar-refractivity contribution in [1.82, 2.24) is 29.7 Å². The highest BCUT2D eigenvalue weighted by Crippen LogP contribution is 2.36. The summed E-state index contributed by atoms with van der Waals surface area (Å²) in [5.41, 5.74) is 6.27. The van der Waals surface area contributed by atoms with Crippen molar-refractivity contribution in [3.63, 3.8) is 0 Å². The first-order valence-corrected chi connectivity index (χ1v) is 17.4. The molecule has 0 saturated heterocycles. The molecule has 8 nitrogen and oxygen atoms in total. The largest absolute Gasteiger partial charge is 0.341 e. The third-order valence-electron chi connectivity index (χ3n) is 8.52. The number of nitrogens with one attached hydrogen (secondary N) is 2. The zero-order valence-electron chi connectivity index (χ0n) is 29.3. The third-order valence-corrected chi connectivity index (χ3v) is 8.52. The zero-order valence-corrected chi connectivity index (χ0v) is 29.3. The lowest BCUT2D eigenvalue weighted by Crippen LogP contribution is -2.32. The van der Waals surface area contributed by atoms with E-state index in [1.54, 1.807) is 0 Å². The van der Waals surface area contributed by atoms with Crippen LogP contribution in [0.1, 0.15) is 78.9 Å². The van der Waals surface area contributed by atoms with E-state index >= 15 is 0 Å². The van der Waals surface area contributed by atoms with Gasteiger partial charge >= 0.3 is 0 Å². The minimum absolute atomic E-state index is 0.172. The average molecular weight is 647 g/mol. The fraction of sp³-hybridized carbons (Fsp3) is 0.400. The molecule has 3 aromatic carbocycles. The summed E-state index contributed by atoms with van der Waals surface area (Å²) < 4.78 is 0. The summed E-state index contributed by atoms with van der Waals surface area (Å²) in [6.07, 6.45) is 6.64. The summed E-state index contributed by atoms with van der Waals surface area (Å²) in [4.78, 5) is 45.7. The Morgan fingerprint density at radius 1 is 0.625 bits per heavy atom. The van der Waals surface area contributed by atoms with Gasteiger partial charge in [-0.1, -0.05) is 102 Å². The molecule has 0 unspecified atom stereocenters. The maximum atomic E-state index is 12.9. The number of aromatic nitrogens is 4. The molecule has 0 radical (unpaired) electrons. The molecule has 0 bridgehead atoms. The van der Waals surface area contributed by atoms with E-state index in [1.807, 2.05) is 22.2 Å². The van der Waals surface area contributed by atoms with Crippen LogP contribution in [0.5, 0.6) is 0 Å². The van der Waals surface area contributed by atoms with Crippen LogP contribution in [0.25, 0.3) is 44.4 Å². The number of fused-ring (bicyclic) bond motifs is 1. The molecular formula is C40H50N6O2. The van der Waals surface area contributed by atoms with Crippen LogP contribution in [0.3, 0.4) is 0 Å². The number of hydrogen-bond acceptors (Lipinski definition) is 4. The van der Waals surface area contributed by atoms with E-state index in [0.29, 0.717) is 37.8 Å². The molecule has 0 aliphatic heterocycles. The summed E-state index contributed by atoms with van der Waals surface area (Å²) in [6.45, 7) is 14.9. The monoisotopic (exact) mass is 646 g/mol. The first kappa shape index (κ1) is 34.6. The highest BCUT2D eigenvalue weighted by molar-refractivity contribution is 6.04. The molecular weight excluding hydrogens is 596 g/mol. The van der Waals surface area contributed by atoms with Gasteiger partial charge in [-0.05, 0) is 52.1 Å². The van der Waals surface area contributed by atoms with Crippen molar-refractivity contribution in [2.45, 2.75) is 80.3 Å². The number of imidazole rings is 2. The Morgan fingerprint density at radius 3 is 1.60 bits per heavy atom. The van der Waals surface area contributed by atoms with E-state index in [2.05, 4.69) is 122 Å². The first-order chi connectivity index (χ1) is 23.2. The maximum absolute atomic E-state index is 12.9. The quantitative estimate of drug-likeness (QED) is 0.119. The molecule has 2 N–H and O–H groups in total. The summed E-state index contributed by atoms with van der Waals surface area (Å²) >= 11 is 0. The van der Waals surface area contributed by atoms with Crippen molar-refractivity contribution in [3.05, 3.63) is 84.7 Å². The second kappa shape index (κ2) is 15.9. The van der Waals surface area contributed by atoms with E-state index in [-0.39, 0.29) is 11.8 Å². The van der Waals surface area contributed by atoms with Gasteiger partial charge in [-0.15, -0.1) is 0 Å². The van der Waals surface area contributed by atoms with Gasteiger partial charge in [0.05, 0.1) is 36.9 Å². The normalized spacial score (nSPS) is 11.5. The Morgan fingerprint density at radius 2 is 1.08 bits per heavy atom. The van der Waals surface area contributed by atoms with Crippen molar-refractivity contribution in [3.8, 4) is 33.6 Å². The SMILES string of the molecule is CCCN(Cc1ncc(-c2ccc(-c3ccc(-c4cnc(CN(CCC)C(=O)CC(C)C)[nH]4)c4ccccc34)cc2)[nH]1)C(=O)CC(C)C. The van der Waals surface area contributed by atoms with Gasteiger partial charge in [0, 0.05) is 31.5 Å². The lowest BCUT2D eigenvalue weighted by Gasteiger charge is -2.22. The van der Waals surface area contributed by atoms with Gasteiger partial charge in [0.2, 0.25) is 11.8 Å². The van der Waals surface area contributed by atoms with Crippen molar-refractivity contribution < 1.29 is 9.59 Å². The predicted molar refractivity (Wildman–Crippen MR) is 195 cm³/mol. The Kier molecular flexibility index (Phi) is 11.5. The molecule has 48 heavy (non-hydrogen) atoms. The molecule has 5 aromatic rings. The summed E-state index contributed by atoms with van der Waals surface area (Å²) in [6, 6.07) is 21.3. The van der Waals surface area contributed by atoms with Crippen LogP contribution in [0.4, 0.5) is 0 Å². The number of nitrogens with zero attached hydrogens (tertiary/aromatic N) is 4. The van der Waals surface area contributed by atoms with Crippen LogP contribution in [0.15, 0.2) is 73.1 Å². The Bertz CT molecular complexity index is 1820. The number of carbonyl (C=O) groups excluding carboxylic acids is 2. The third kappa shape index (κ3) is 8.40. The summed E-state index contributed by atoms with van der Waals surface area (Å²) in [5.74, 6) is 2.58. The van der Waals surface area contributed by atoms with Crippen molar-refractivity contribution in [2.75, 3.05) is 13.1 Å². The fourth-order valence-corrected chi connectivity index (χ4v) is 6.23. The van der Waals surface area contributed by atoms with Gasteiger partial charge in [-0.3, -0.25) is 9.59 Å². The van der Waals surface area contributed by atoms with Gasteiger partial charge in [0.1, 0.15) is 11.6 Å². The molecule has 2 heterocycles. The lowest BCUT2D eigenvalue weighted by atomic mass is 9.93. The van der Waals surface area contributed by atoms with E-state index in [4.69, 9.17) is 0 Å². The van der Waals surface area contributed by atoms with E-state index < -0.39 is 0 Å². The lowest BCUT2D eigenvalue weighted by molar-refractivity contribution is -0.133. The topological polar surface area (TPSA) is 98.0 Å². The minimum Gasteiger partial charge on any atom is -0.341 e. The number of benzene rings is 3. The molecule has 0 spiro atoms. The Hall–Kier alpha value is -4.72. The highest BCUT2D eigenvalue weighted by Gasteiger charge is 2.19. The van der Waals surface area contributed by atoms with Gasteiger partial charge < -0.3 is 19.8 Å². The molecule has 0 aliphatic rings. The van der Waals surface area contributed by atoms with Crippen molar-refractivity contribution in [1.29, 1.82) is 0 Å². The van der Waals surface area contributed by atoms with Gasteiger partial charge in [0.15, 0.2) is 0 Å². The fourth-order valence-electron chi connectivity index (χ4n) is 6.23. The first-order valence-electron chi connectivity index (χ1n) is 17.4. The van der Waals surface area contributed by atoms with E-state index in [0.717, 1.165) is 82.0 Å². The minimum atomic E-state index is 0.172. The number of amides is 2. The number of H-pyrrole nitrogens is 2. The highest BCUT2D eigenvalue weighted by atomic mass is 16.2. The molecule has 5 rings (SSSR count). The molecule has 8 heteroatoms. The zero-order chi connectivity index (χ0) is 34.2. The van der Waals surface area contributed by atoms with E-state index in [1.165, 1.54) is 0 Å². The van der Waals surface area contributed by atoms with Crippen LogP contribution < -0.4 is 0 Å². The predicted octanol–water partition coefficient (Wildman–Crippen LogP) is 8.86. The molecule has 0 fully saturated rings. The van der Waals surface area contributed by atoms with Crippen LogP contribution in [-0.2, 0) is 22.7 Å². The number of hydrogen-bond donors (Lipinski definition) is 2. The van der Waals surface area contributed by atoms with Crippen LogP contribution in [0, 0.1) is 11.8 Å². The molecule has 0 saturated carbocycles. The van der Waals surface area contributed by atoms with Crippen molar-refractivity contribution in [2.24, 2.45) is 11.8 Å². The molecule has 0 atom stereocenters. The standard InChI is InChI=1S/C40H50N6O2/c1-7-19-45(39(47)21-27(3)4)25-37-41-23-35(43-37)30-15-13-29(14-16-30)31-17-18-34(33-12-10-9-11-32(31)33)36-24-42-38(44-36)26-46(20-8-2)40(48)22-28(5)6/h9-18,23-24,27-28H,7-8,19-22,25-26H2,1-6H3,(H,41,43)(H,42,44). The summed E-state index contributed by atoms with van der Waals surface area (Å²) in [7, 11) is 0. The Labute approximate surface area is 285 Å². The van der Waals surface area contributed by atoms with Crippen LogP contribution >= 0.6 is 0 Å². The van der Waals surface area contributed by atoms with Crippen molar-refractivity contribution >= 4 is 22.6 Å². The Balaban J connectivity index is 1.35. The van der Waals surface area contributed by atoms with Crippen LogP contribution in [0.2, 0.25) is 0 Å². The second-order valence-electron chi connectivity index (χ2n) is 13.6. The molecule has 2 amide bonds. The second-order valence-corrected chi connectivity index (χ2v) is 13.6. The summed E-state index contributed by atoms with van der Waals surface area (Å²) in [5, 5.41) is 2.29. The van der Waals surface area contributed by atoms with Gasteiger partial charge in [-0.2, -0.15) is 0 Å². The smallest absolute Gasteiger partial charge is 0.223 e. The van der Waals surface area contributed by atoms with Gasteiger partial charge in [0.25, 0.3) is 0 Å².